The molecule has 1 aliphatic heterocycles. The number of anilines is 1. The first-order valence-corrected chi connectivity index (χ1v) is 7.43. The number of amides is 1. The zero-order chi connectivity index (χ0) is 13.3. The van der Waals surface area contributed by atoms with E-state index in [2.05, 4.69) is 15.5 Å². The molecule has 2 aromatic rings. The molecule has 0 spiro atoms. The largest absolute Gasteiger partial charge is 0.379 e. The third kappa shape index (κ3) is 2.39. The molecule has 0 fully saturated rings. The first kappa shape index (κ1) is 12.3. The molecular weight excluding hydrogens is 282 g/mol. The highest BCUT2D eigenvalue weighted by molar-refractivity contribution is 7.13. The van der Waals surface area contributed by atoms with E-state index in [-0.39, 0.29) is 5.91 Å². The predicted molar refractivity (Wildman–Crippen MR) is 75.7 cm³/mol. The number of thiophene rings is 1. The summed E-state index contributed by atoms with van der Waals surface area (Å²) < 4.78 is 0. The first-order valence-electron chi connectivity index (χ1n) is 5.67. The summed E-state index contributed by atoms with van der Waals surface area (Å²) in [5.41, 5.74) is -0.155. The number of thiazole rings is 1. The van der Waals surface area contributed by atoms with Gasteiger partial charge in [-0.2, -0.15) is 0 Å². The highest BCUT2D eigenvalue weighted by Gasteiger charge is 2.42. The molecule has 0 saturated heterocycles. The van der Waals surface area contributed by atoms with Gasteiger partial charge in [-0.3, -0.25) is 10.1 Å². The molecule has 1 atom stereocenters. The minimum atomic E-state index is -0.967. The topological polar surface area (TPSA) is 63.6 Å². The zero-order valence-electron chi connectivity index (χ0n) is 10.1. The Balaban J connectivity index is 1.71. The first-order chi connectivity index (χ1) is 9.17. The smallest absolute Gasteiger partial charge is 0.273 e. The molecule has 0 radical (unpaired) electrons. The summed E-state index contributed by atoms with van der Waals surface area (Å²) in [6.45, 7) is 1.74. The van der Waals surface area contributed by atoms with Gasteiger partial charge in [0.2, 0.25) is 5.60 Å². The Bertz CT molecular complexity index is 607. The van der Waals surface area contributed by atoms with E-state index in [4.69, 9.17) is 4.84 Å². The number of hydrogen-bond acceptors (Lipinski definition) is 6. The molecule has 0 saturated carbocycles. The van der Waals surface area contributed by atoms with Crippen molar-refractivity contribution in [2.45, 2.75) is 18.9 Å². The third-order valence-corrected chi connectivity index (χ3v) is 4.41. The van der Waals surface area contributed by atoms with Crippen LogP contribution in [0.15, 0.2) is 34.2 Å². The number of oxime groups is 1. The van der Waals surface area contributed by atoms with Crippen LogP contribution in [0.1, 0.15) is 18.2 Å². The fourth-order valence-electron chi connectivity index (χ4n) is 1.75. The van der Waals surface area contributed by atoms with E-state index in [1.807, 2.05) is 17.5 Å². The maximum absolute atomic E-state index is 12.2. The van der Waals surface area contributed by atoms with E-state index < -0.39 is 5.60 Å². The molecule has 0 aliphatic carbocycles. The molecule has 0 unspecified atom stereocenters. The van der Waals surface area contributed by atoms with Gasteiger partial charge >= 0.3 is 0 Å². The van der Waals surface area contributed by atoms with E-state index in [1.54, 1.807) is 29.8 Å². The van der Waals surface area contributed by atoms with Crippen molar-refractivity contribution < 1.29 is 9.63 Å². The second kappa shape index (κ2) is 4.75. The van der Waals surface area contributed by atoms with E-state index in [0.29, 0.717) is 11.6 Å². The van der Waals surface area contributed by atoms with Gasteiger partial charge in [-0.1, -0.05) is 11.2 Å². The maximum atomic E-state index is 12.2. The average Bonchev–Trinajstić information content (AvgIpc) is 3.08. The lowest BCUT2D eigenvalue weighted by Gasteiger charge is -2.19. The number of nitrogens with zero attached hydrogens (tertiary/aromatic N) is 2. The number of carbonyl (C=O) groups excluding carboxylic acids is 1. The van der Waals surface area contributed by atoms with Gasteiger partial charge in [0, 0.05) is 18.0 Å². The minimum absolute atomic E-state index is 0.224. The van der Waals surface area contributed by atoms with Gasteiger partial charge in [-0.25, -0.2) is 4.98 Å². The molecule has 0 bridgehead atoms. The fourth-order valence-corrected chi connectivity index (χ4v) is 2.98. The third-order valence-electron chi connectivity index (χ3n) is 2.80. The SMILES string of the molecule is C[C@@]1(C(=O)Nc2nccs2)CC(c2cccs2)=NO1. The van der Waals surface area contributed by atoms with Crippen LogP contribution in [0, 0.1) is 0 Å². The van der Waals surface area contributed by atoms with Crippen LogP contribution in [-0.2, 0) is 9.63 Å². The molecule has 1 amide bonds. The Labute approximate surface area is 117 Å². The van der Waals surface area contributed by atoms with Crippen molar-refractivity contribution in [3.8, 4) is 0 Å². The van der Waals surface area contributed by atoms with Crippen LogP contribution in [0.2, 0.25) is 0 Å². The Hall–Kier alpha value is -1.73. The summed E-state index contributed by atoms with van der Waals surface area (Å²) in [7, 11) is 0. The Kier molecular flexibility index (Phi) is 3.08. The monoisotopic (exact) mass is 293 g/mol. The Morgan fingerprint density at radius 3 is 3.05 bits per heavy atom. The summed E-state index contributed by atoms with van der Waals surface area (Å²) >= 11 is 2.96. The lowest BCUT2D eigenvalue weighted by Crippen LogP contribution is -2.40. The lowest BCUT2D eigenvalue weighted by atomic mass is 9.98. The average molecular weight is 293 g/mol. The van der Waals surface area contributed by atoms with E-state index in [0.717, 1.165) is 10.6 Å². The van der Waals surface area contributed by atoms with Crippen molar-refractivity contribution in [1.82, 2.24) is 4.98 Å². The second-order valence-corrected chi connectivity index (χ2v) is 6.15. The summed E-state index contributed by atoms with van der Waals surface area (Å²) in [5, 5.41) is 11.1. The summed E-state index contributed by atoms with van der Waals surface area (Å²) in [5.74, 6) is -0.224. The van der Waals surface area contributed by atoms with Gasteiger partial charge in [-0.05, 0) is 18.4 Å². The normalized spacial score (nSPS) is 21.8. The molecule has 5 nitrogen and oxygen atoms in total. The van der Waals surface area contributed by atoms with E-state index in [1.165, 1.54) is 11.3 Å². The van der Waals surface area contributed by atoms with Gasteiger partial charge in [-0.15, -0.1) is 22.7 Å². The van der Waals surface area contributed by atoms with Crippen LogP contribution in [0.3, 0.4) is 0 Å². The van der Waals surface area contributed by atoms with Crippen LogP contribution in [0.25, 0.3) is 0 Å². The molecule has 3 rings (SSSR count). The van der Waals surface area contributed by atoms with Crippen LogP contribution in [0.4, 0.5) is 5.13 Å². The van der Waals surface area contributed by atoms with Gasteiger partial charge in [0.15, 0.2) is 5.13 Å². The predicted octanol–water partition coefficient (Wildman–Crippen LogP) is 2.73. The van der Waals surface area contributed by atoms with Crippen molar-refractivity contribution in [1.29, 1.82) is 0 Å². The molecule has 7 heteroatoms. The second-order valence-electron chi connectivity index (χ2n) is 4.31. The van der Waals surface area contributed by atoms with Gasteiger partial charge in [0.1, 0.15) is 5.71 Å². The van der Waals surface area contributed by atoms with Crippen molar-refractivity contribution in [3.05, 3.63) is 34.0 Å². The summed E-state index contributed by atoms with van der Waals surface area (Å²) in [6.07, 6.45) is 2.11. The quantitative estimate of drug-likeness (QED) is 0.946. The highest BCUT2D eigenvalue weighted by Crippen LogP contribution is 2.29. The van der Waals surface area contributed by atoms with Crippen LogP contribution < -0.4 is 5.32 Å². The molecule has 98 valence electrons. The Morgan fingerprint density at radius 1 is 1.47 bits per heavy atom. The molecule has 19 heavy (non-hydrogen) atoms. The number of aromatic nitrogens is 1. The minimum Gasteiger partial charge on any atom is -0.379 e. The standard InChI is InChI=1S/C12H11N3O2S2/c1-12(10(16)14-11-13-4-6-19-11)7-8(15-17-12)9-3-2-5-18-9/h2-6H,7H2,1H3,(H,13,14,16)/t12-/m0/s1. The van der Waals surface area contributed by atoms with Crippen molar-refractivity contribution in [2.75, 3.05) is 5.32 Å². The van der Waals surface area contributed by atoms with Crippen LogP contribution in [0.5, 0.6) is 0 Å². The van der Waals surface area contributed by atoms with E-state index in [9.17, 15) is 4.79 Å². The maximum Gasteiger partial charge on any atom is 0.273 e. The fraction of sp³-hybridized carbons (Fsp3) is 0.250. The van der Waals surface area contributed by atoms with E-state index >= 15 is 0 Å². The van der Waals surface area contributed by atoms with Gasteiger partial charge in [0.25, 0.3) is 5.91 Å². The lowest BCUT2D eigenvalue weighted by molar-refractivity contribution is -0.135. The number of hydrogen-bond donors (Lipinski definition) is 1. The molecule has 1 aliphatic rings. The molecule has 3 heterocycles. The zero-order valence-corrected chi connectivity index (χ0v) is 11.8. The van der Waals surface area contributed by atoms with Gasteiger partial charge < -0.3 is 4.84 Å². The molecule has 2 aromatic heterocycles. The molecule has 1 N–H and O–H groups in total. The summed E-state index contributed by atoms with van der Waals surface area (Å²) in [4.78, 5) is 22.6. The van der Waals surface area contributed by atoms with Crippen molar-refractivity contribution in [2.24, 2.45) is 5.16 Å². The highest BCUT2D eigenvalue weighted by atomic mass is 32.1. The number of nitrogens with one attached hydrogen (secondary N) is 1. The Morgan fingerprint density at radius 2 is 2.37 bits per heavy atom. The van der Waals surface area contributed by atoms with Crippen LogP contribution in [-0.4, -0.2) is 22.2 Å². The van der Waals surface area contributed by atoms with Gasteiger partial charge in [0.05, 0.1) is 4.88 Å². The number of rotatable bonds is 3. The summed E-state index contributed by atoms with van der Waals surface area (Å²) in [6, 6.07) is 3.92. The molecular formula is C12H11N3O2S2. The molecule has 0 aromatic carbocycles. The van der Waals surface area contributed by atoms with Crippen molar-refractivity contribution >= 4 is 39.4 Å². The number of carbonyl (C=O) groups is 1. The van der Waals surface area contributed by atoms with Crippen LogP contribution >= 0.6 is 22.7 Å². The van der Waals surface area contributed by atoms with Crippen molar-refractivity contribution in [3.63, 3.8) is 0 Å².